The Labute approximate surface area is 500 Å². The predicted octanol–water partition coefficient (Wildman–Crippen LogP) is 10.5. The van der Waals surface area contributed by atoms with Crippen molar-refractivity contribution in [2.75, 3.05) is 0 Å². The first-order valence-electron chi connectivity index (χ1n) is 27.1. The van der Waals surface area contributed by atoms with Crippen LogP contribution in [0.3, 0.4) is 0 Å². The van der Waals surface area contributed by atoms with Gasteiger partial charge in [0.1, 0.15) is 45.2 Å². The van der Waals surface area contributed by atoms with Gasteiger partial charge in [0, 0.05) is 98.7 Å². The van der Waals surface area contributed by atoms with E-state index in [9.17, 15) is 19.8 Å². The van der Waals surface area contributed by atoms with Crippen molar-refractivity contribution in [2.24, 2.45) is 0 Å². The minimum Gasteiger partial charge on any atom is -0.545 e. The summed E-state index contributed by atoms with van der Waals surface area (Å²) in [6.07, 6.45) is 0. The van der Waals surface area contributed by atoms with E-state index in [1.807, 2.05) is 146 Å². The van der Waals surface area contributed by atoms with Crippen LogP contribution in [0.25, 0.3) is 179 Å². The van der Waals surface area contributed by atoms with Gasteiger partial charge in [-0.3, -0.25) is 0 Å². The maximum atomic E-state index is 12.2. The number of carbonyl (C=O) groups is 2. The Balaban J connectivity index is 0.000000139. The number of carboxylic acids is 2. The molecule has 0 unspecified atom stereocenters. The number of aromatic amines is 4. The average molecular weight is 1180 g/mol. The van der Waals surface area contributed by atoms with Crippen molar-refractivity contribution in [2.45, 2.75) is 0 Å². The second-order valence-corrected chi connectivity index (χ2v) is 20.5. The summed E-state index contributed by atoms with van der Waals surface area (Å²) in [5.41, 5.74) is 10.2. The first-order chi connectivity index (χ1) is 42.2. The van der Waals surface area contributed by atoms with Crippen molar-refractivity contribution in [3.8, 4) is 91.1 Å². The van der Waals surface area contributed by atoms with Crippen LogP contribution in [-0.4, -0.2) is 91.7 Å². The molecule has 16 bridgehead atoms. The van der Waals surface area contributed by atoms with Crippen molar-refractivity contribution < 1.29 is 39.3 Å². The molecule has 4 aliphatic rings. The van der Waals surface area contributed by atoms with Crippen LogP contribution in [0.2, 0.25) is 0 Å². The molecule has 0 radical (unpaired) electrons. The third-order valence-electron chi connectivity index (χ3n) is 15.6. The molecule has 21 heteroatoms. The predicted molar refractivity (Wildman–Crippen MR) is 321 cm³/mol. The van der Waals surface area contributed by atoms with Crippen LogP contribution in [0.5, 0.6) is 0 Å². The van der Waals surface area contributed by atoms with Gasteiger partial charge in [0.25, 0.3) is 0 Å². The zero-order valence-corrected chi connectivity index (χ0v) is 48.0. The van der Waals surface area contributed by atoms with Crippen LogP contribution in [0, 0.1) is 0 Å². The fourth-order valence-electron chi connectivity index (χ4n) is 11.7. The van der Waals surface area contributed by atoms with E-state index in [1.54, 1.807) is 24.3 Å². The number of fused-ring (bicyclic) bond motifs is 40. The van der Waals surface area contributed by atoms with E-state index in [2.05, 4.69) is 19.9 Å². The van der Waals surface area contributed by atoms with Gasteiger partial charge in [0.05, 0.1) is 11.9 Å². The van der Waals surface area contributed by atoms with E-state index in [0.29, 0.717) is 113 Å². The molecule has 18 rings (SSSR count). The quantitative estimate of drug-likeness (QED) is 0.117. The molecule has 0 saturated heterocycles. The Kier molecular flexibility index (Phi) is 11.4. The van der Waals surface area contributed by atoms with Gasteiger partial charge < -0.3 is 39.7 Å². The largest absolute Gasteiger partial charge is 2.00 e. The molecule has 4 aliphatic heterocycles. The molecule has 0 spiro atoms. The maximum Gasteiger partial charge on any atom is 2.00 e. The van der Waals surface area contributed by atoms with E-state index >= 15 is 0 Å². The number of nitrogens with one attached hydrogen (secondary N) is 4. The monoisotopic (exact) mass is 1180 g/mol. The minimum absolute atomic E-state index is 0. The number of aromatic carboxylic acids is 2. The number of nitrogens with zero attached hydrogens (tertiary/aromatic N) is 12. The van der Waals surface area contributed by atoms with Crippen molar-refractivity contribution in [1.29, 1.82) is 0 Å². The van der Waals surface area contributed by atoms with E-state index in [1.165, 1.54) is 12.1 Å². The molecule has 0 saturated carbocycles. The molecular formula is C66H34N16O4Zn. The zero-order valence-electron chi connectivity index (χ0n) is 45.0. The van der Waals surface area contributed by atoms with Crippen LogP contribution < -0.4 is 10.2 Å². The van der Waals surface area contributed by atoms with Gasteiger partial charge in [0.15, 0.2) is 46.6 Å². The Morgan fingerprint density at radius 1 is 0.241 bits per heavy atom. The first-order valence-corrected chi connectivity index (χ1v) is 27.1. The Hall–Kier alpha value is -12.0. The smallest absolute Gasteiger partial charge is 0.545 e. The van der Waals surface area contributed by atoms with Crippen molar-refractivity contribution in [3.63, 3.8) is 0 Å². The molecule has 87 heavy (non-hydrogen) atoms. The topological polar surface area (TPSA) is 298 Å². The third kappa shape index (κ3) is 8.08. The third-order valence-corrected chi connectivity index (χ3v) is 15.6. The molecule has 404 valence electrons. The van der Waals surface area contributed by atoms with Crippen LogP contribution in [0.15, 0.2) is 182 Å². The fourth-order valence-corrected chi connectivity index (χ4v) is 11.7. The number of hydrogen-bond donors (Lipinski definition) is 4. The van der Waals surface area contributed by atoms with Gasteiger partial charge >= 0.3 is 19.5 Å². The molecule has 14 aromatic rings. The molecule has 20 nitrogen and oxygen atoms in total. The number of benzene rings is 8. The average Bonchev–Trinajstić information content (AvgIpc) is 1.98. The van der Waals surface area contributed by atoms with E-state index in [0.717, 1.165) is 66.1 Å². The molecule has 4 N–H and O–H groups in total. The first kappa shape index (κ1) is 50.7. The van der Waals surface area contributed by atoms with Gasteiger partial charge in [-0.15, -0.1) is 0 Å². The van der Waals surface area contributed by atoms with Crippen molar-refractivity contribution in [1.82, 2.24) is 79.7 Å². The molecule has 0 aliphatic carbocycles. The number of carboxylic acid groups (broad SMARTS) is 2. The molecule has 6 aromatic heterocycles. The summed E-state index contributed by atoms with van der Waals surface area (Å²) >= 11 is 0. The summed E-state index contributed by atoms with van der Waals surface area (Å²) in [4.78, 5) is 96.4. The summed E-state index contributed by atoms with van der Waals surface area (Å²) in [6, 6.07) is 56.5. The van der Waals surface area contributed by atoms with Gasteiger partial charge in [-0.1, -0.05) is 182 Å². The van der Waals surface area contributed by atoms with Gasteiger partial charge in [-0.2, -0.15) is 0 Å². The molecule has 8 aromatic carbocycles. The number of hydrogen-bond acceptors (Lipinski definition) is 16. The van der Waals surface area contributed by atoms with Crippen LogP contribution in [0.4, 0.5) is 0 Å². The molecule has 0 amide bonds. The summed E-state index contributed by atoms with van der Waals surface area (Å²) < 4.78 is 0. The second-order valence-electron chi connectivity index (χ2n) is 20.5. The Morgan fingerprint density at radius 3 is 0.678 bits per heavy atom. The van der Waals surface area contributed by atoms with E-state index in [-0.39, 0.29) is 30.6 Å². The summed E-state index contributed by atoms with van der Waals surface area (Å²) in [5, 5.41) is 29.9. The minimum atomic E-state index is -1.32. The molecule has 0 atom stereocenters. The van der Waals surface area contributed by atoms with Crippen molar-refractivity contribution >= 4 is 100 Å². The fraction of sp³-hybridized carbons (Fsp3) is 0. The Morgan fingerprint density at radius 2 is 0.437 bits per heavy atom. The van der Waals surface area contributed by atoms with Gasteiger partial charge in [-0.25, -0.2) is 59.8 Å². The standard InChI is InChI=1S/2C33H18N8O2.Zn/c2*42-33(43)23-15-7-14-22-24(23)32-40-30-21-13-6-5-12-20(21)28(38-30)36-26-17-9-2-1-8-16(17)25(34-26)35-27-18-10-3-4-11-19(18)29(37-27)39-31(22)41-32;/h2*1-15H,(H,42,43)(H2,34,35,36,37,38,39,40,41);/q;;+2/p-2. The normalized spacial score (nSPS) is 11.8. The SMILES string of the molecule is O=C([O-])c1cccc2c3nc4nc(nc5[nH]c(nc6nc(nc([nH]3)c12)-c1ccccc1-6)c1ccccc51)-c1ccccc1-4.O=C([O-])c1cccc2c3nc4nc(nc5[nH]c(nc6nc(nc([nH]3)c12)-c1ccccc1-6)c1ccccc51)-c1ccccc1-4.[Zn+2]. The summed E-state index contributed by atoms with van der Waals surface area (Å²) in [6.45, 7) is 0. The van der Waals surface area contributed by atoms with Gasteiger partial charge in [-0.05, 0) is 0 Å². The second kappa shape index (κ2) is 19.6. The van der Waals surface area contributed by atoms with Gasteiger partial charge in [0.2, 0.25) is 0 Å². The van der Waals surface area contributed by atoms with Crippen molar-refractivity contribution in [3.05, 3.63) is 193 Å². The van der Waals surface area contributed by atoms with E-state index < -0.39 is 11.9 Å². The van der Waals surface area contributed by atoms with Crippen LogP contribution in [0.1, 0.15) is 20.7 Å². The Bertz CT molecular complexity index is 5370. The van der Waals surface area contributed by atoms with Crippen LogP contribution >= 0.6 is 0 Å². The maximum absolute atomic E-state index is 12.2. The van der Waals surface area contributed by atoms with Crippen LogP contribution in [-0.2, 0) is 19.5 Å². The summed E-state index contributed by atoms with van der Waals surface area (Å²) in [5.74, 6) is 0.965. The number of aromatic nitrogens is 16. The molecule has 0 fully saturated rings. The number of carbonyl (C=O) groups excluding carboxylic acids is 2. The zero-order chi connectivity index (χ0) is 57.3. The number of rotatable bonds is 2. The molecule has 10 heterocycles. The summed E-state index contributed by atoms with van der Waals surface area (Å²) in [7, 11) is 0. The van der Waals surface area contributed by atoms with E-state index in [4.69, 9.17) is 59.8 Å². The molecular weight excluding hydrogens is 1150 g/mol. The number of H-pyrrole nitrogens is 4.